The molecule has 96 valence electrons. The van der Waals surface area contributed by atoms with Gasteiger partial charge in [0.15, 0.2) is 0 Å². The normalized spacial score (nSPS) is 12.8. The maximum Gasteiger partial charge on any atom is 0.131 e. The third-order valence-electron chi connectivity index (χ3n) is 2.95. The second-order valence-electron chi connectivity index (χ2n) is 4.58. The first-order valence-electron chi connectivity index (χ1n) is 6.10. The van der Waals surface area contributed by atoms with Crippen LogP contribution in [0.2, 0.25) is 0 Å². The SMILES string of the molecule is COCCc1nc(C)c(CC(C)CN)c(C)n1. The van der Waals surface area contributed by atoms with Gasteiger partial charge in [-0.05, 0) is 38.3 Å². The van der Waals surface area contributed by atoms with Crippen LogP contribution in [0.5, 0.6) is 0 Å². The van der Waals surface area contributed by atoms with Crippen LogP contribution < -0.4 is 5.73 Å². The number of nitrogens with two attached hydrogens (primary N) is 1. The fraction of sp³-hybridized carbons (Fsp3) is 0.692. The van der Waals surface area contributed by atoms with E-state index in [1.807, 2.05) is 13.8 Å². The van der Waals surface area contributed by atoms with E-state index in [4.69, 9.17) is 10.5 Å². The number of methoxy groups -OCH3 is 1. The first-order chi connectivity index (χ1) is 8.08. The van der Waals surface area contributed by atoms with E-state index in [-0.39, 0.29) is 0 Å². The molecule has 0 aliphatic rings. The zero-order valence-electron chi connectivity index (χ0n) is 11.3. The highest BCUT2D eigenvalue weighted by Crippen LogP contribution is 2.15. The Bertz CT molecular complexity index is 343. The summed E-state index contributed by atoms with van der Waals surface area (Å²) in [6.45, 7) is 7.60. The quantitative estimate of drug-likeness (QED) is 0.813. The highest BCUT2D eigenvalue weighted by molar-refractivity contribution is 5.25. The third kappa shape index (κ3) is 4.06. The number of hydrogen-bond acceptors (Lipinski definition) is 4. The Morgan fingerprint density at radius 2 is 1.82 bits per heavy atom. The van der Waals surface area contributed by atoms with Crippen molar-refractivity contribution in [3.05, 3.63) is 22.8 Å². The summed E-state index contributed by atoms with van der Waals surface area (Å²) in [5.41, 5.74) is 9.04. The Balaban J connectivity index is 2.86. The van der Waals surface area contributed by atoms with Crippen LogP contribution in [0.1, 0.15) is 29.7 Å². The molecule has 1 aromatic heterocycles. The second kappa shape index (κ2) is 6.67. The van der Waals surface area contributed by atoms with Crippen molar-refractivity contribution >= 4 is 0 Å². The standard InChI is InChI=1S/C13H23N3O/c1-9(8-14)7-12-10(2)15-13(5-6-17-4)16-11(12)3/h9H,5-8,14H2,1-4H3. The lowest BCUT2D eigenvalue weighted by Gasteiger charge is -2.14. The first-order valence-corrected chi connectivity index (χ1v) is 6.10. The van der Waals surface area contributed by atoms with Gasteiger partial charge in [0.05, 0.1) is 6.61 Å². The molecule has 1 rings (SSSR count). The number of nitrogens with zero attached hydrogens (tertiary/aromatic N) is 2. The van der Waals surface area contributed by atoms with Crippen molar-refractivity contribution in [1.29, 1.82) is 0 Å². The molecule has 0 aromatic carbocycles. The highest BCUT2D eigenvalue weighted by Gasteiger charge is 2.11. The lowest BCUT2D eigenvalue weighted by molar-refractivity contribution is 0.200. The lowest BCUT2D eigenvalue weighted by Crippen LogP contribution is -2.16. The van der Waals surface area contributed by atoms with E-state index < -0.39 is 0 Å². The van der Waals surface area contributed by atoms with Gasteiger partial charge in [0, 0.05) is 24.9 Å². The molecule has 0 aliphatic heterocycles. The van der Waals surface area contributed by atoms with Crippen LogP contribution in [-0.2, 0) is 17.6 Å². The van der Waals surface area contributed by atoms with Gasteiger partial charge >= 0.3 is 0 Å². The van der Waals surface area contributed by atoms with E-state index in [1.54, 1.807) is 7.11 Å². The summed E-state index contributed by atoms with van der Waals surface area (Å²) < 4.78 is 5.04. The van der Waals surface area contributed by atoms with Crippen LogP contribution in [0.15, 0.2) is 0 Å². The van der Waals surface area contributed by atoms with Gasteiger partial charge in [0.2, 0.25) is 0 Å². The molecule has 4 heteroatoms. The predicted molar refractivity (Wildman–Crippen MR) is 69.0 cm³/mol. The molecule has 1 unspecified atom stereocenters. The molecule has 0 fully saturated rings. The van der Waals surface area contributed by atoms with Crippen LogP contribution in [0.3, 0.4) is 0 Å². The monoisotopic (exact) mass is 237 g/mol. The van der Waals surface area contributed by atoms with E-state index in [9.17, 15) is 0 Å². The van der Waals surface area contributed by atoms with Gasteiger partial charge in [-0.3, -0.25) is 0 Å². The fourth-order valence-electron chi connectivity index (χ4n) is 1.84. The molecule has 0 saturated heterocycles. The maximum absolute atomic E-state index is 5.66. The molecule has 0 saturated carbocycles. The Morgan fingerprint density at radius 3 is 2.29 bits per heavy atom. The molecular formula is C13H23N3O. The summed E-state index contributed by atoms with van der Waals surface area (Å²) >= 11 is 0. The van der Waals surface area contributed by atoms with Crippen LogP contribution in [0.4, 0.5) is 0 Å². The zero-order chi connectivity index (χ0) is 12.8. The number of hydrogen-bond donors (Lipinski definition) is 1. The van der Waals surface area contributed by atoms with Crippen LogP contribution >= 0.6 is 0 Å². The van der Waals surface area contributed by atoms with Crippen LogP contribution in [-0.4, -0.2) is 30.2 Å². The summed E-state index contributed by atoms with van der Waals surface area (Å²) in [5.74, 6) is 1.34. The number of aryl methyl sites for hydroxylation is 2. The minimum Gasteiger partial charge on any atom is -0.384 e. The smallest absolute Gasteiger partial charge is 0.131 e. The van der Waals surface area contributed by atoms with Crippen molar-refractivity contribution in [2.75, 3.05) is 20.3 Å². The molecule has 17 heavy (non-hydrogen) atoms. The van der Waals surface area contributed by atoms with Crippen molar-refractivity contribution in [1.82, 2.24) is 9.97 Å². The summed E-state index contributed by atoms with van der Waals surface area (Å²) in [4.78, 5) is 9.05. The Labute approximate surface area is 104 Å². The Kier molecular flexibility index (Phi) is 5.51. The van der Waals surface area contributed by atoms with E-state index in [1.165, 1.54) is 5.56 Å². The fourth-order valence-corrected chi connectivity index (χ4v) is 1.84. The molecule has 0 spiro atoms. The van der Waals surface area contributed by atoms with Gasteiger partial charge in [-0.25, -0.2) is 9.97 Å². The van der Waals surface area contributed by atoms with Gasteiger partial charge < -0.3 is 10.5 Å². The lowest BCUT2D eigenvalue weighted by atomic mass is 9.99. The Hall–Kier alpha value is -1.00. The summed E-state index contributed by atoms with van der Waals surface area (Å²) in [5, 5.41) is 0. The average molecular weight is 237 g/mol. The van der Waals surface area contributed by atoms with Crippen molar-refractivity contribution < 1.29 is 4.74 Å². The van der Waals surface area contributed by atoms with Crippen LogP contribution in [0, 0.1) is 19.8 Å². The van der Waals surface area contributed by atoms with Gasteiger partial charge in [0.25, 0.3) is 0 Å². The topological polar surface area (TPSA) is 61.0 Å². The minimum absolute atomic E-state index is 0.473. The molecular weight excluding hydrogens is 214 g/mol. The average Bonchev–Trinajstić information content (AvgIpc) is 2.30. The van der Waals surface area contributed by atoms with E-state index >= 15 is 0 Å². The molecule has 0 bridgehead atoms. The molecule has 0 amide bonds. The van der Waals surface area contributed by atoms with Crippen LogP contribution in [0.25, 0.3) is 0 Å². The summed E-state index contributed by atoms with van der Waals surface area (Å²) in [6, 6.07) is 0. The third-order valence-corrected chi connectivity index (χ3v) is 2.95. The van der Waals surface area contributed by atoms with Gasteiger partial charge in [-0.2, -0.15) is 0 Å². The summed E-state index contributed by atoms with van der Waals surface area (Å²) in [6.07, 6.45) is 1.73. The molecule has 4 nitrogen and oxygen atoms in total. The number of ether oxygens (including phenoxy) is 1. The second-order valence-corrected chi connectivity index (χ2v) is 4.58. The van der Waals surface area contributed by atoms with E-state index in [0.29, 0.717) is 19.1 Å². The first kappa shape index (κ1) is 14.1. The predicted octanol–water partition coefficient (Wildman–Crippen LogP) is 1.42. The number of rotatable bonds is 6. The van der Waals surface area contributed by atoms with Gasteiger partial charge in [-0.15, -0.1) is 0 Å². The minimum atomic E-state index is 0.473. The van der Waals surface area contributed by atoms with Crippen molar-refractivity contribution in [3.8, 4) is 0 Å². The molecule has 1 aromatic rings. The largest absolute Gasteiger partial charge is 0.384 e. The molecule has 1 atom stereocenters. The Morgan fingerprint density at radius 1 is 1.24 bits per heavy atom. The molecule has 2 N–H and O–H groups in total. The van der Waals surface area contributed by atoms with Gasteiger partial charge in [-0.1, -0.05) is 6.92 Å². The molecule has 1 heterocycles. The maximum atomic E-state index is 5.66. The molecule has 0 radical (unpaired) electrons. The highest BCUT2D eigenvalue weighted by atomic mass is 16.5. The van der Waals surface area contributed by atoms with Gasteiger partial charge in [0.1, 0.15) is 5.82 Å². The number of aromatic nitrogens is 2. The van der Waals surface area contributed by atoms with Crippen molar-refractivity contribution in [3.63, 3.8) is 0 Å². The zero-order valence-corrected chi connectivity index (χ0v) is 11.3. The van der Waals surface area contributed by atoms with E-state index in [0.717, 1.165) is 30.1 Å². The molecule has 0 aliphatic carbocycles. The summed E-state index contributed by atoms with van der Waals surface area (Å²) in [7, 11) is 1.69. The van der Waals surface area contributed by atoms with Crippen molar-refractivity contribution in [2.45, 2.75) is 33.6 Å². The van der Waals surface area contributed by atoms with E-state index in [2.05, 4.69) is 16.9 Å². The van der Waals surface area contributed by atoms with Crippen molar-refractivity contribution in [2.24, 2.45) is 11.7 Å².